The number of carbonyl (C=O) groups excluding carboxylic acids is 1. The van der Waals surface area contributed by atoms with E-state index in [1.165, 1.54) is 18.4 Å². The van der Waals surface area contributed by atoms with Crippen LogP contribution in [0.25, 0.3) is 11.3 Å². The first-order valence-electron chi connectivity index (χ1n) is 6.93. The SMILES string of the molecule is Cl.O=C1CCc2cc(-c3csc(NC4CC4)n3)ccc2N1. The molecule has 1 amide bonds. The van der Waals surface area contributed by atoms with Crippen LogP contribution in [0, 0.1) is 0 Å². The fourth-order valence-corrected chi connectivity index (χ4v) is 3.22. The van der Waals surface area contributed by atoms with Gasteiger partial charge in [-0.2, -0.15) is 0 Å². The Balaban J connectivity index is 0.00000132. The third-order valence-electron chi connectivity index (χ3n) is 3.71. The van der Waals surface area contributed by atoms with Crippen molar-refractivity contribution in [1.82, 2.24) is 4.98 Å². The Morgan fingerprint density at radius 2 is 2.14 bits per heavy atom. The average molecular weight is 322 g/mol. The van der Waals surface area contributed by atoms with Gasteiger partial charge in [-0.3, -0.25) is 4.79 Å². The number of thiazole rings is 1. The zero-order valence-corrected chi connectivity index (χ0v) is 13.0. The van der Waals surface area contributed by atoms with Crippen molar-refractivity contribution in [2.45, 2.75) is 31.7 Å². The van der Waals surface area contributed by atoms with Gasteiger partial charge in [-0.1, -0.05) is 6.07 Å². The molecule has 1 aliphatic heterocycles. The number of anilines is 2. The van der Waals surface area contributed by atoms with Crippen LogP contribution in [0.3, 0.4) is 0 Å². The molecule has 0 saturated heterocycles. The minimum absolute atomic E-state index is 0. The molecule has 0 spiro atoms. The summed E-state index contributed by atoms with van der Waals surface area (Å²) in [5.41, 5.74) is 4.28. The van der Waals surface area contributed by atoms with Gasteiger partial charge in [0, 0.05) is 29.1 Å². The van der Waals surface area contributed by atoms with Crippen LogP contribution in [0.4, 0.5) is 10.8 Å². The van der Waals surface area contributed by atoms with Crippen LogP contribution in [0.15, 0.2) is 23.6 Å². The molecule has 2 aromatic rings. The van der Waals surface area contributed by atoms with Gasteiger partial charge in [-0.25, -0.2) is 4.98 Å². The van der Waals surface area contributed by atoms with E-state index in [0.717, 1.165) is 28.5 Å². The molecule has 2 heterocycles. The molecule has 0 bridgehead atoms. The van der Waals surface area contributed by atoms with E-state index in [-0.39, 0.29) is 18.3 Å². The lowest BCUT2D eigenvalue weighted by Crippen LogP contribution is -2.18. The largest absolute Gasteiger partial charge is 0.359 e. The van der Waals surface area contributed by atoms with Gasteiger partial charge < -0.3 is 10.6 Å². The molecule has 21 heavy (non-hydrogen) atoms. The van der Waals surface area contributed by atoms with Crippen LogP contribution in [-0.2, 0) is 11.2 Å². The number of hydrogen-bond acceptors (Lipinski definition) is 4. The van der Waals surface area contributed by atoms with E-state index >= 15 is 0 Å². The predicted molar refractivity (Wildman–Crippen MR) is 88.4 cm³/mol. The number of halogens is 1. The number of nitrogens with one attached hydrogen (secondary N) is 2. The van der Waals surface area contributed by atoms with Crippen molar-refractivity contribution in [3.8, 4) is 11.3 Å². The van der Waals surface area contributed by atoms with Crippen molar-refractivity contribution >= 4 is 40.5 Å². The monoisotopic (exact) mass is 321 g/mol. The maximum absolute atomic E-state index is 11.4. The van der Waals surface area contributed by atoms with Crippen molar-refractivity contribution in [3.63, 3.8) is 0 Å². The van der Waals surface area contributed by atoms with Crippen molar-refractivity contribution in [1.29, 1.82) is 0 Å². The topological polar surface area (TPSA) is 54.0 Å². The normalized spacial score (nSPS) is 16.7. The highest BCUT2D eigenvalue weighted by Crippen LogP contribution is 2.32. The van der Waals surface area contributed by atoms with Gasteiger partial charge in [-0.15, -0.1) is 23.7 Å². The summed E-state index contributed by atoms with van der Waals surface area (Å²) in [6, 6.07) is 6.79. The molecule has 4 rings (SSSR count). The molecule has 2 N–H and O–H groups in total. The molecule has 1 aromatic carbocycles. The van der Waals surface area contributed by atoms with Gasteiger partial charge in [-0.05, 0) is 37.0 Å². The molecule has 0 unspecified atom stereocenters. The van der Waals surface area contributed by atoms with Gasteiger partial charge in [0.25, 0.3) is 0 Å². The van der Waals surface area contributed by atoms with Gasteiger partial charge in [0.05, 0.1) is 5.69 Å². The number of fused-ring (bicyclic) bond motifs is 1. The number of aromatic nitrogens is 1. The summed E-state index contributed by atoms with van der Waals surface area (Å²) in [5.74, 6) is 0.106. The van der Waals surface area contributed by atoms with Gasteiger partial charge in [0.1, 0.15) is 0 Å². The highest BCUT2D eigenvalue weighted by atomic mass is 35.5. The van der Waals surface area contributed by atoms with E-state index in [9.17, 15) is 4.79 Å². The molecule has 110 valence electrons. The second-order valence-corrected chi connectivity index (χ2v) is 6.23. The molecule has 4 nitrogen and oxygen atoms in total. The summed E-state index contributed by atoms with van der Waals surface area (Å²) in [7, 11) is 0. The van der Waals surface area contributed by atoms with E-state index in [0.29, 0.717) is 12.5 Å². The van der Waals surface area contributed by atoms with Crippen molar-refractivity contribution < 1.29 is 4.79 Å². The van der Waals surface area contributed by atoms with E-state index in [2.05, 4.69) is 27.1 Å². The molecule has 1 aromatic heterocycles. The van der Waals surface area contributed by atoms with Gasteiger partial charge >= 0.3 is 0 Å². The van der Waals surface area contributed by atoms with Crippen molar-refractivity contribution in [2.24, 2.45) is 0 Å². The number of carbonyl (C=O) groups is 1. The van der Waals surface area contributed by atoms with Gasteiger partial charge in [0.15, 0.2) is 5.13 Å². The number of benzene rings is 1. The standard InChI is InChI=1S/C15H15N3OS.ClH/c19-14-6-2-9-7-10(1-5-12(9)17-14)13-8-20-15(18-13)16-11-3-4-11;/h1,5,7-8,11H,2-4,6H2,(H,16,18)(H,17,19);1H. The number of hydrogen-bond donors (Lipinski definition) is 2. The predicted octanol–water partition coefficient (Wildman–Crippen LogP) is 3.69. The second kappa shape index (κ2) is 5.66. The molecule has 0 atom stereocenters. The summed E-state index contributed by atoms with van der Waals surface area (Å²) in [6.07, 6.45) is 3.90. The fourth-order valence-electron chi connectivity index (χ4n) is 2.42. The Labute approximate surface area is 133 Å². The Kier molecular flexibility index (Phi) is 3.87. The van der Waals surface area contributed by atoms with E-state index in [1.54, 1.807) is 11.3 Å². The maximum atomic E-state index is 11.4. The maximum Gasteiger partial charge on any atom is 0.224 e. The van der Waals surface area contributed by atoms with Crippen LogP contribution >= 0.6 is 23.7 Å². The molecule has 0 radical (unpaired) electrons. The third kappa shape index (κ3) is 3.04. The minimum Gasteiger partial charge on any atom is -0.359 e. The van der Waals surface area contributed by atoms with Crippen LogP contribution in [0.5, 0.6) is 0 Å². The Morgan fingerprint density at radius 1 is 1.29 bits per heavy atom. The molecule has 2 aliphatic rings. The quantitative estimate of drug-likeness (QED) is 0.906. The Morgan fingerprint density at radius 3 is 2.95 bits per heavy atom. The average Bonchev–Trinajstić information content (AvgIpc) is 3.14. The lowest BCUT2D eigenvalue weighted by atomic mass is 9.99. The van der Waals surface area contributed by atoms with E-state index in [1.807, 2.05) is 12.1 Å². The summed E-state index contributed by atoms with van der Waals surface area (Å²) >= 11 is 1.66. The number of aryl methyl sites for hydroxylation is 1. The lowest BCUT2D eigenvalue weighted by Gasteiger charge is -2.17. The molecule has 1 aliphatic carbocycles. The highest BCUT2D eigenvalue weighted by molar-refractivity contribution is 7.14. The smallest absolute Gasteiger partial charge is 0.224 e. The summed E-state index contributed by atoms with van der Waals surface area (Å²) in [4.78, 5) is 16.0. The summed E-state index contributed by atoms with van der Waals surface area (Å²) < 4.78 is 0. The molecule has 6 heteroatoms. The van der Waals surface area contributed by atoms with E-state index < -0.39 is 0 Å². The number of nitrogens with zero attached hydrogens (tertiary/aromatic N) is 1. The molecular formula is C15H16ClN3OS. The molecule has 1 fully saturated rings. The van der Waals surface area contributed by atoms with Crippen LogP contribution in [0.1, 0.15) is 24.8 Å². The van der Waals surface area contributed by atoms with Crippen LogP contribution in [-0.4, -0.2) is 16.9 Å². The summed E-state index contributed by atoms with van der Waals surface area (Å²) in [6.45, 7) is 0. The second-order valence-electron chi connectivity index (χ2n) is 5.38. The summed E-state index contributed by atoms with van der Waals surface area (Å²) in [5, 5.41) is 9.43. The third-order valence-corrected chi connectivity index (χ3v) is 4.48. The van der Waals surface area contributed by atoms with Crippen LogP contribution in [0.2, 0.25) is 0 Å². The fraction of sp³-hybridized carbons (Fsp3) is 0.333. The molecule has 1 saturated carbocycles. The molecular weight excluding hydrogens is 306 g/mol. The first-order valence-corrected chi connectivity index (χ1v) is 7.81. The number of rotatable bonds is 3. The van der Waals surface area contributed by atoms with Crippen molar-refractivity contribution in [2.75, 3.05) is 10.6 Å². The van der Waals surface area contributed by atoms with Crippen molar-refractivity contribution in [3.05, 3.63) is 29.1 Å². The van der Waals surface area contributed by atoms with E-state index in [4.69, 9.17) is 0 Å². The van der Waals surface area contributed by atoms with Gasteiger partial charge in [0.2, 0.25) is 5.91 Å². The lowest BCUT2D eigenvalue weighted by molar-refractivity contribution is -0.116. The zero-order chi connectivity index (χ0) is 13.5. The minimum atomic E-state index is 0. The first-order chi connectivity index (χ1) is 9.78. The highest BCUT2D eigenvalue weighted by Gasteiger charge is 2.22. The first kappa shape index (κ1) is 14.4. The Bertz CT molecular complexity index is 681. The zero-order valence-electron chi connectivity index (χ0n) is 11.4. The Hall–Kier alpha value is -1.59. The van der Waals surface area contributed by atoms with Crippen LogP contribution < -0.4 is 10.6 Å². The number of amides is 1.